The molecular weight excluding hydrogens is 381 g/mol. The predicted octanol–water partition coefficient (Wildman–Crippen LogP) is 3.70. The molecule has 4 heterocycles. The fraction of sp³-hybridized carbons (Fsp3) is 0.200. The van der Waals surface area contributed by atoms with Gasteiger partial charge in [-0.1, -0.05) is 11.6 Å². The van der Waals surface area contributed by atoms with E-state index in [4.69, 9.17) is 16.3 Å². The molecule has 4 aromatic rings. The van der Waals surface area contributed by atoms with Crippen LogP contribution < -0.4 is 4.74 Å². The number of aromatic nitrogens is 5. The van der Waals surface area contributed by atoms with E-state index in [1.54, 1.807) is 37.1 Å². The molecule has 0 saturated carbocycles. The number of aryl methyl sites for hydroxylation is 1. The molecule has 3 aromatic heterocycles. The zero-order valence-corrected chi connectivity index (χ0v) is 15.5. The number of halogens is 2. The van der Waals surface area contributed by atoms with Crippen molar-refractivity contribution in [3.8, 4) is 16.9 Å². The summed E-state index contributed by atoms with van der Waals surface area (Å²) in [5, 5.41) is 8.81. The van der Waals surface area contributed by atoms with Gasteiger partial charge in [-0.05, 0) is 30.2 Å². The fourth-order valence-electron chi connectivity index (χ4n) is 3.64. The van der Waals surface area contributed by atoms with Crippen molar-refractivity contribution >= 4 is 17.2 Å². The van der Waals surface area contributed by atoms with Gasteiger partial charge in [-0.2, -0.15) is 0 Å². The second-order valence-electron chi connectivity index (χ2n) is 6.57. The van der Waals surface area contributed by atoms with Crippen LogP contribution in [0.2, 0.25) is 5.02 Å². The maximum atomic E-state index is 14.4. The Morgan fingerprint density at radius 2 is 2.07 bits per heavy atom. The van der Waals surface area contributed by atoms with Gasteiger partial charge in [-0.15, -0.1) is 10.2 Å². The van der Waals surface area contributed by atoms with Crippen LogP contribution in [0.4, 0.5) is 4.39 Å². The molecule has 6 nitrogen and oxygen atoms in total. The van der Waals surface area contributed by atoms with Gasteiger partial charge in [0.1, 0.15) is 23.7 Å². The van der Waals surface area contributed by atoms with Crippen molar-refractivity contribution in [1.82, 2.24) is 24.6 Å². The van der Waals surface area contributed by atoms with Crippen LogP contribution in [0.5, 0.6) is 5.75 Å². The minimum Gasteiger partial charge on any atom is -0.493 e. The minimum absolute atomic E-state index is 0.206. The Balaban J connectivity index is 1.51. The molecule has 0 amide bonds. The third-order valence-electron chi connectivity index (χ3n) is 5.01. The number of fused-ring (bicyclic) bond motifs is 2. The third-order valence-corrected chi connectivity index (χ3v) is 5.34. The summed E-state index contributed by atoms with van der Waals surface area (Å²) in [6.07, 6.45) is 8.43. The molecule has 0 bridgehead atoms. The van der Waals surface area contributed by atoms with Gasteiger partial charge in [0.15, 0.2) is 5.65 Å². The van der Waals surface area contributed by atoms with Gasteiger partial charge in [0, 0.05) is 48.1 Å². The van der Waals surface area contributed by atoms with E-state index in [1.165, 1.54) is 6.07 Å². The maximum Gasteiger partial charge on any atom is 0.171 e. The first-order chi connectivity index (χ1) is 13.7. The number of ether oxygens (including phenoxy) is 1. The summed E-state index contributed by atoms with van der Waals surface area (Å²) in [6.45, 7) is 0.598. The van der Waals surface area contributed by atoms with Crippen LogP contribution in [-0.2, 0) is 19.3 Å². The molecule has 1 aromatic carbocycles. The van der Waals surface area contributed by atoms with Crippen LogP contribution in [0.1, 0.15) is 17.0 Å². The number of nitrogens with zero attached hydrogens (tertiary/aromatic N) is 5. The van der Waals surface area contributed by atoms with Crippen molar-refractivity contribution in [2.45, 2.75) is 19.3 Å². The summed E-state index contributed by atoms with van der Waals surface area (Å²) in [4.78, 5) is 8.71. The number of hydrogen-bond donors (Lipinski definition) is 0. The van der Waals surface area contributed by atoms with Crippen molar-refractivity contribution < 1.29 is 9.13 Å². The Hall–Kier alpha value is -3.06. The van der Waals surface area contributed by atoms with Crippen molar-refractivity contribution in [2.75, 3.05) is 6.61 Å². The third kappa shape index (κ3) is 2.79. The van der Waals surface area contributed by atoms with Crippen molar-refractivity contribution in [3.63, 3.8) is 0 Å². The normalized spacial score (nSPS) is 12.9. The molecule has 0 radical (unpaired) electrons. The molecule has 28 heavy (non-hydrogen) atoms. The SMILES string of the molecule is Fc1ccc2c(c1CCc1ncc(-c3cnccc3Cl)c3nncn13)CCO2. The summed E-state index contributed by atoms with van der Waals surface area (Å²) >= 11 is 6.30. The first kappa shape index (κ1) is 17.1. The van der Waals surface area contributed by atoms with E-state index >= 15 is 0 Å². The smallest absolute Gasteiger partial charge is 0.171 e. The van der Waals surface area contributed by atoms with E-state index in [-0.39, 0.29) is 5.82 Å². The van der Waals surface area contributed by atoms with E-state index in [0.717, 1.165) is 34.7 Å². The highest BCUT2D eigenvalue weighted by atomic mass is 35.5. The number of benzene rings is 1. The molecular formula is C20H15ClFN5O. The van der Waals surface area contributed by atoms with Gasteiger partial charge < -0.3 is 4.74 Å². The van der Waals surface area contributed by atoms with Crippen LogP contribution in [0.15, 0.2) is 43.1 Å². The van der Waals surface area contributed by atoms with E-state index in [1.807, 2.05) is 4.40 Å². The zero-order valence-electron chi connectivity index (χ0n) is 14.8. The molecule has 0 saturated heterocycles. The molecule has 0 atom stereocenters. The summed E-state index contributed by atoms with van der Waals surface area (Å²) in [6, 6.07) is 4.89. The summed E-state index contributed by atoms with van der Waals surface area (Å²) in [5.41, 5.74) is 3.78. The van der Waals surface area contributed by atoms with Crippen LogP contribution in [0.3, 0.4) is 0 Å². The van der Waals surface area contributed by atoms with Gasteiger partial charge in [0.2, 0.25) is 0 Å². The van der Waals surface area contributed by atoms with Gasteiger partial charge >= 0.3 is 0 Å². The summed E-state index contributed by atoms with van der Waals surface area (Å²) < 4.78 is 21.8. The average Bonchev–Trinajstić information content (AvgIpc) is 3.37. The lowest BCUT2D eigenvalue weighted by molar-refractivity contribution is 0.356. The second kappa shape index (κ2) is 6.83. The molecule has 1 aliphatic heterocycles. The highest BCUT2D eigenvalue weighted by Crippen LogP contribution is 2.32. The minimum atomic E-state index is -0.206. The lowest BCUT2D eigenvalue weighted by Crippen LogP contribution is -2.06. The number of hydrogen-bond acceptors (Lipinski definition) is 5. The molecule has 0 spiro atoms. The zero-order chi connectivity index (χ0) is 19.1. The fourth-order valence-corrected chi connectivity index (χ4v) is 3.85. The van der Waals surface area contributed by atoms with Gasteiger partial charge in [0.05, 0.1) is 11.6 Å². The molecule has 1 aliphatic rings. The van der Waals surface area contributed by atoms with Crippen LogP contribution >= 0.6 is 11.6 Å². The van der Waals surface area contributed by atoms with Gasteiger partial charge in [0.25, 0.3) is 0 Å². The second-order valence-corrected chi connectivity index (χ2v) is 6.98. The molecule has 0 aliphatic carbocycles. The largest absolute Gasteiger partial charge is 0.493 e. The van der Waals surface area contributed by atoms with E-state index in [9.17, 15) is 4.39 Å². The van der Waals surface area contributed by atoms with E-state index in [0.29, 0.717) is 35.7 Å². The Morgan fingerprint density at radius 1 is 1.14 bits per heavy atom. The lowest BCUT2D eigenvalue weighted by atomic mass is 10.00. The molecule has 140 valence electrons. The topological polar surface area (TPSA) is 65.2 Å². The summed E-state index contributed by atoms with van der Waals surface area (Å²) in [7, 11) is 0. The number of pyridine rings is 1. The van der Waals surface area contributed by atoms with E-state index < -0.39 is 0 Å². The van der Waals surface area contributed by atoms with Gasteiger partial charge in [-0.3, -0.25) is 9.38 Å². The van der Waals surface area contributed by atoms with E-state index in [2.05, 4.69) is 20.2 Å². The lowest BCUT2D eigenvalue weighted by Gasteiger charge is -2.11. The first-order valence-corrected chi connectivity index (χ1v) is 9.30. The molecule has 8 heteroatoms. The predicted molar refractivity (Wildman–Crippen MR) is 102 cm³/mol. The van der Waals surface area contributed by atoms with Crippen molar-refractivity contribution in [3.05, 3.63) is 70.9 Å². The molecule has 5 rings (SSSR count). The Kier molecular flexibility index (Phi) is 4.16. The Morgan fingerprint density at radius 3 is 2.96 bits per heavy atom. The first-order valence-electron chi connectivity index (χ1n) is 8.93. The standard InChI is InChI=1S/C20H15ClFN5O/c21-16-5-7-23-9-14(16)15-10-24-19(27-11-25-26-20(15)27)4-1-12-13-6-8-28-18(13)3-2-17(12)22/h2-3,5,7,9-11H,1,4,6,8H2. The number of rotatable bonds is 4. The van der Waals surface area contributed by atoms with Gasteiger partial charge in [-0.25, -0.2) is 9.37 Å². The van der Waals surface area contributed by atoms with Crippen molar-refractivity contribution in [1.29, 1.82) is 0 Å². The molecule has 0 N–H and O–H groups in total. The van der Waals surface area contributed by atoms with Crippen molar-refractivity contribution in [2.24, 2.45) is 0 Å². The average molecular weight is 396 g/mol. The summed E-state index contributed by atoms with van der Waals surface area (Å²) in [5.74, 6) is 1.32. The molecule has 0 fully saturated rings. The van der Waals surface area contributed by atoms with Crippen LogP contribution in [0, 0.1) is 5.82 Å². The Labute approximate surface area is 165 Å². The monoisotopic (exact) mass is 395 g/mol. The van der Waals surface area contributed by atoms with Crippen LogP contribution in [0.25, 0.3) is 16.8 Å². The highest BCUT2D eigenvalue weighted by Gasteiger charge is 2.20. The Bertz CT molecular complexity index is 1190. The highest BCUT2D eigenvalue weighted by molar-refractivity contribution is 6.33. The molecule has 0 unspecified atom stereocenters. The van der Waals surface area contributed by atoms with Crippen LogP contribution in [-0.4, -0.2) is 31.2 Å². The quantitative estimate of drug-likeness (QED) is 0.527. The maximum absolute atomic E-state index is 14.4.